The Labute approximate surface area is 118 Å². The highest BCUT2D eigenvalue weighted by atomic mass is 16.4. The summed E-state index contributed by atoms with van der Waals surface area (Å²) in [6.07, 6.45) is 2.43. The monoisotopic (exact) mass is 270 g/mol. The van der Waals surface area contributed by atoms with Crippen LogP contribution in [0.1, 0.15) is 27.0 Å². The van der Waals surface area contributed by atoms with Crippen LogP contribution in [0, 0.1) is 13.8 Å². The molecule has 0 atom stereocenters. The molecule has 0 spiro atoms. The maximum absolute atomic E-state index is 11.1. The van der Waals surface area contributed by atoms with E-state index in [0.29, 0.717) is 12.4 Å². The molecule has 20 heavy (non-hydrogen) atoms. The van der Waals surface area contributed by atoms with Crippen molar-refractivity contribution in [2.45, 2.75) is 20.3 Å². The first-order chi connectivity index (χ1) is 9.59. The number of carboxylic acids is 1. The zero-order chi connectivity index (χ0) is 14.5. The van der Waals surface area contributed by atoms with Crippen LogP contribution in [-0.4, -0.2) is 22.6 Å². The zero-order valence-corrected chi connectivity index (χ0v) is 11.7. The molecule has 0 saturated carbocycles. The van der Waals surface area contributed by atoms with E-state index in [9.17, 15) is 4.79 Å². The largest absolute Gasteiger partial charge is 0.478 e. The number of aromatic nitrogens is 1. The first kappa shape index (κ1) is 14.1. The molecule has 1 aromatic heterocycles. The van der Waals surface area contributed by atoms with Gasteiger partial charge in [-0.1, -0.05) is 18.2 Å². The molecule has 0 amide bonds. The number of aromatic carboxylic acids is 1. The molecule has 0 unspecified atom stereocenters. The van der Waals surface area contributed by atoms with Gasteiger partial charge in [-0.2, -0.15) is 0 Å². The highest BCUT2D eigenvalue weighted by Gasteiger charge is 2.10. The first-order valence-corrected chi connectivity index (χ1v) is 6.57. The van der Waals surface area contributed by atoms with Gasteiger partial charge < -0.3 is 10.4 Å². The lowest BCUT2D eigenvalue weighted by molar-refractivity contribution is 0.0697. The van der Waals surface area contributed by atoms with Gasteiger partial charge >= 0.3 is 5.97 Å². The van der Waals surface area contributed by atoms with Crippen molar-refractivity contribution in [3.63, 3.8) is 0 Å². The fourth-order valence-electron chi connectivity index (χ4n) is 2.27. The lowest BCUT2D eigenvalue weighted by Gasteiger charge is -2.11. The van der Waals surface area contributed by atoms with E-state index < -0.39 is 5.97 Å². The van der Waals surface area contributed by atoms with E-state index in [2.05, 4.69) is 36.3 Å². The quantitative estimate of drug-likeness (QED) is 0.876. The summed E-state index contributed by atoms with van der Waals surface area (Å²) in [6, 6.07) is 9.40. The third-order valence-electron chi connectivity index (χ3n) is 3.35. The summed E-state index contributed by atoms with van der Waals surface area (Å²) in [7, 11) is 0. The van der Waals surface area contributed by atoms with E-state index in [-0.39, 0.29) is 5.56 Å². The number of rotatable bonds is 5. The van der Waals surface area contributed by atoms with Gasteiger partial charge in [-0.05, 0) is 49.1 Å². The minimum Gasteiger partial charge on any atom is -0.478 e. The number of carbonyl (C=O) groups is 1. The molecule has 0 aliphatic heterocycles. The van der Waals surface area contributed by atoms with Crippen LogP contribution in [0.3, 0.4) is 0 Å². The van der Waals surface area contributed by atoms with E-state index >= 15 is 0 Å². The van der Waals surface area contributed by atoms with Crippen molar-refractivity contribution in [2.75, 3.05) is 11.9 Å². The molecule has 0 aliphatic rings. The highest BCUT2D eigenvalue weighted by molar-refractivity contribution is 5.92. The minimum absolute atomic E-state index is 0.203. The third kappa shape index (κ3) is 3.15. The second kappa shape index (κ2) is 6.19. The summed E-state index contributed by atoms with van der Waals surface area (Å²) in [5.74, 6) is -0.543. The van der Waals surface area contributed by atoms with Gasteiger partial charge in [0.05, 0.1) is 0 Å². The third-order valence-corrected chi connectivity index (χ3v) is 3.35. The second-order valence-electron chi connectivity index (χ2n) is 4.75. The Hall–Kier alpha value is -2.36. The summed E-state index contributed by atoms with van der Waals surface area (Å²) < 4.78 is 0. The van der Waals surface area contributed by atoms with Crippen LogP contribution in [0.25, 0.3) is 0 Å². The van der Waals surface area contributed by atoms with Crippen LogP contribution in [-0.2, 0) is 6.42 Å². The van der Waals surface area contributed by atoms with Gasteiger partial charge in [0.25, 0.3) is 0 Å². The van der Waals surface area contributed by atoms with Crippen LogP contribution in [0.2, 0.25) is 0 Å². The van der Waals surface area contributed by atoms with E-state index in [4.69, 9.17) is 5.11 Å². The van der Waals surface area contributed by atoms with Crippen molar-refractivity contribution in [1.82, 2.24) is 4.98 Å². The fraction of sp³-hybridized carbons (Fsp3) is 0.250. The first-order valence-electron chi connectivity index (χ1n) is 6.57. The van der Waals surface area contributed by atoms with Crippen LogP contribution in [0.4, 0.5) is 5.82 Å². The molecule has 104 valence electrons. The molecule has 0 radical (unpaired) electrons. The molecule has 0 fully saturated rings. The molecule has 2 N–H and O–H groups in total. The lowest BCUT2D eigenvalue weighted by atomic mass is 10.0. The number of hydrogen-bond donors (Lipinski definition) is 2. The normalized spacial score (nSPS) is 10.3. The fourth-order valence-corrected chi connectivity index (χ4v) is 2.27. The van der Waals surface area contributed by atoms with Gasteiger partial charge in [0.15, 0.2) is 0 Å². The van der Waals surface area contributed by atoms with Crippen LogP contribution in [0.15, 0.2) is 36.5 Å². The molecule has 4 heteroatoms. The van der Waals surface area contributed by atoms with E-state index in [1.807, 2.05) is 6.07 Å². The Morgan fingerprint density at radius 3 is 2.55 bits per heavy atom. The molecular formula is C16H18N2O2. The van der Waals surface area contributed by atoms with Gasteiger partial charge in [0, 0.05) is 12.7 Å². The Morgan fingerprint density at radius 1 is 1.20 bits per heavy atom. The number of nitrogens with zero attached hydrogens (tertiary/aromatic N) is 1. The topological polar surface area (TPSA) is 62.2 Å². The molecule has 0 saturated heterocycles. The standard InChI is InChI=1S/C16H18N2O2/c1-11-5-3-6-12(2)13(11)8-10-18-15-14(16(19)20)7-4-9-17-15/h3-7,9H,8,10H2,1-2H3,(H,17,18)(H,19,20). The smallest absolute Gasteiger partial charge is 0.339 e. The van der Waals surface area contributed by atoms with Crippen molar-refractivity contribution < 1.29 is 9.90 Å². The number of nitrogens with one attached hydrogen (secondary N) is 1. The zero-order valence-electron chi connectivity index (χ0n) is 11.7. The molecule has 2 aromatic rings. The molecule has 1 heterocycles. The number of benzene rings is 1. The van der Waals surface area contributed by atoms with Crippen molar-refractivity contribution in [3.8, 4) is 0 Å². The molecular weight excluding hydrogens is 252 g/mol. The molecule has 0 aliphatic carbocycles. The van der Waals surface area contributed by atoms with Gasteiger partial charge in [0.2, 0.25) is 0 Å². The summed E-state index contributed by atoms with van der Waals surface area (Å²) >= 11 is 0. The van der Waals surface area contributed by atoms with E-state index in [1.54, 1.807) is 18.3 Å². The minimum atomic E-state index is -0.965. The Balaban J connectivity index is 2.05. The summed E-state index contributed by atoms with van der Waals surface area (Å²) in [6.45, 7) is 4.83. The van der Waals surface area contributed by atoms with Crippen LogP contribution >= 0.6 is 0 Å². The molecule has 0 bridgehead atoms. The van der Waals surface area contributed by atoms with Crippen molar-refractivity contribution in [2.24, 2.45) is 0 Å². The number of aryl methyl sites for hydroxylation is 2. The maximum Gasteiger partial charge on any atom is 0.339 e. The lowest BCUT2D eigenvalue weighted by Crippen LogP contribution is -2.12. The van der Waals surface area contributed by atoms with Gasteiger partial charge in [-0.3, -0.25) is 0 Å². The number of pyridine rings is 1. The average molecular weight is 270 g/mol. The average Bonchev–Trinajstić information content (AvgIpc) is 2.42. The number of carboxylic acid groups (broad SMARTS) is 1. The Morgan fingerprint density at radius 2 is 1.90 bits per heavy atom. The SMILES string of the molecule is Cc1cccc(C)c1CCNc1ncccc1C(=O)O. The van der Waals surface area contributed by atoms with Gasteiger partial charge in [-0.25, -0.2) is 9.78 Å². The van der Waals surface area contributed by atoms with Crippen molar-refractivity contribution >= 4 is 11.8 Å². The predicted molar refractivity (Wildman–Crippen MR) is 79.3 cm³/mol. The summed E-state index contributed by atoms with van der Waals surface area (Å²) in [4.78, 5) is 15.2. The molecule has 2 rings (SSSR count). The van der Waals surface area contributed by atoms with E-state index in [1.165, 1.54) is 16.7 Å². The second-order valence-corrected chi connectivity index (χ2v) is 4.75. The maximum atomic E-state index is 11.1. The van der Waals surface area contributed by atoms with Gasteiger partial charge in [-0.15, -0.1) is 0 Å². The van der Waals surface area contributed by atoms with Crippen molar-refractivity contribution in [3.05, 3.63) is 58.8 Å². The highest BCUT2D eigenvalue weighted by Crippen LogP contribution is 2.15. The van der Waals surface area contributed by atoms with Crippen LogP contribution in [0.5, 0.6) is 0 Å². The summed E-state index contributed by atoms with van der Waals surface area (Å²) in [5, 5.41) is 12.2. The predicted octanol–water partition coefficient (Wildman–Crippen LogP) is 3.05. The molecule has 4 nitrogen and oxygen atoms in total. The van der Waals surface area contributed by atoms with Gasteiger partial charge in [0.1, 0.15) is 11.4 Å². The van der Waals surface area contributed by atoms with Crippen molar-refractivity contribution in [1.29, 1.82) is 0 Å². The van der Waals surface area contributed by atoms with Crippen LogP contribution < -0.4 is 5.32 Å². The number of hydrogen-bond acceptors (Lipinski definition) is 3. The Bertz CT molecular complexity index is 603. The van der Waals surface area contributed by atoms with E-state index in [0.717, 1.165) is 6.42 Å². The summed E-state index contributed by atoms with van der Waals surface area (Å²) in [5.41, 5.74) is 4.01. The Kier molecular flexibility index (Phi) is 4.35. The molecule has 1 aromatic carbocycles. The number of anilines is 1.